The van der Waals surface area contributed by atoms with E-state index in [2.05, 4.69) is 13.5 Å². The second kappa shape index (κ2) is 8.70. The number of hydrogen-bond donors (Lipinski definition) is 0. The SMILES string of the molecule is CCOC(=O)CC1CC(C)CC1OCCC[SiH2]C. The van der Waals surface area contributed by atoms with Crippen LogP contribution in [0.25, 0.3) is 0 Å². The Labute approximate surface area is 113 Å². The molecule has 18 heavy (non-hydrogen) atoms. The summed E-state index contributed by atoms with van der Waals surface area (Å²) in [5.74, 6) is 0.985. The lowest BCUT2D eigenvalue weighted by Gasteiger charge is -2.19. The second-order valence-corrected chi connectivity index (χ2v) is 7.17. The van der Waals surface area contributed by atoms with Crippen LogP contribution >= 0.6 is 0 Å². The Balaban J connectivity index is 2.31. The maximum absolute atomic E-state index is 11.6. The molecule has 0 radical (unpaired) electrons. The molecule has 0 aliphatic heterocycles. The van der Waals surface area contributed by atoms with E-state index >= 15 is 0 Å². The number of carbonyl (C=O) groups excluding carboxylic acids is 1. The molecule has 3 unspecified atom stereocenters. The predicted molar refractivity (Wildman–Crippen MR) is 76.7 cm³/mol. The predicted octanol–water partition coefficient (Wildman–Crippen LogP) is 2.40. The Morgan fingerprint density at radius 1 is 1.39 bits per heavy atom. The summed E-state index contributed by atoms with van der Waals surface area (Å²) in [4.78, 5) is 11.6. The van der Waals surface area contributed by atoms with Crippen molar-refractivity contribution in [1.82, 2.24) is 0 Å². The van der Waals surface area contributed by atoms with Crippen molar-refractivity contribution < 1.29 is 14.3 Å². The third kappa shape index (κ3) is 5.53. The van der Waals surface area contributed by atoms with Crippen LogP contribution in [0.1, 0.15) is 39.5 Å². The standard InChI is InChI=1S/C14H28O3Si/c1-4-16-14(15)10-12-8-11(2)9-13(12)17-6-5-7-18-3/h11-13H,4-10,18H2,1-3H3. The van der Waals surface area contributed by atoms with Gasteiger partial charge in [0.15, 0.2) is 0 Å². The van der Waals surface area contributed by atoms with E-state index in [1.54, 1.807) is 0 Å². The van der Waals surface area contributed by atoms with E-state index in [4.69, 9.17) is 9.47 Å². The average Bonchev–Trinajstić information content (AvgIpc) is 2.65. The first-order valence-corrected chi connectivity index (χ1v) is 9.86. The lowest BCUT2D eigenvalue weighted by Crippen LogP contribution is -2.22. The first-order chi connectivity index (χ1) is 8.67. The van der Waals surface area contributed by atoms with Gasteiger partial charge in [0, 0.05) is 16.1 Å². The third-order valence-electron chi connectivity index (χ3n) is 3.68. The molecule has 0 saturated heterocycles. The molecule has 0 bridgehead atoms. The molecular formula is C14H28O3Si. The largest absolute Gasteiger partial charge is 0.466 e. The quantitative estimate of drug-likeness (QED) is 0.387. The summed E-state index contributed by atoms with van der Waals surface area (Å²) < 4.78 is 11.0. The summed E-state index contributed by atoms with van der Waals surface area (Å²) in [6.07, 6.45) is 4.22. The van der Waals surface area contributed by atoms with Crippen LogP contribution in [0.5, 0.6) is 0 Å². The maximum Gasteiger partial charge on any atom is 0.306 e. The summed E-state index contributed by atoms with van der Waals surface area (Å²) in [7, 11) is 0.169. The molecule has 0 amide bonds. The molecule has 0 aromatic rings. The van der Waals surface area contributed by atoms with Crippen LogP contribution in [-0.4, -0.2) is 34.8 Å². The minimum Gasteiger partial charge on any atom is -0.466 e. The summed E-state index contributed by atoms with van der Waals surface area (Å²) in [5, 5.41) is 0. The molecule has 106 valence electrons. The number of carbonyl (C=O) groups is 1. The highest BCUT2D eigenvalue weighted by molar-refractivity contribution is 6.33. The molecule has 0 heterocycles. The van der Waals surface area contributed by atoms with Crippen molar-refractivity contribution in [3.63, 3.8) is 0 Å². The van der Waals surface area contributed by atoms with Crippen LogP contribution in [0.3, 0.4) is 0 Å². The van der Waals surface area contributed by atoms with Crippen molar-refractivity contribution >= 4 is 15.5 Å². The normalized spacial score (nSPS) is 28.1. The van der Waals surface area contributed by atoms with Crippen molar-refractivity contribution in [2.24, 2.45) is 11.8 Å². The molecule has 1 rings (SSSR count). The molecule has 1 aliphatic carbocycles. The molecule has 1 fully saturated rings. The first kappa shape index (κ1) is 15.7. The Morgan fingerprint density at radius 3 is 2.83 bits per heavy atom. The fourth-order valence-corrected chi connectivity index (χ4v) is 3.50. The van der Waals surface area contributed by atoms with Crippen LogP contribution in [0.4, 0.5) is 0 Å². The average molecular weight is 272 g/mol. The Kier molecular flexibility index (Phi) is 7.59. The fraction of sp³-hybridized carbons (Fsp3) is 0.929. The van der Waals surface area contributed by atoms with E-state index < -0.39 is 0 Å². The number of esters is 1. The van der Waals surface area contributed by atoms with Gasteiger partial charge in [0.1, 0.15) is 0 Å². The Hall–Kier alpha value is -0.353. The minimum atomic E-state index is -0.0637. The molecule has 0 spiro atoms. The van der Waals surface area contributed by atoms with E-state index in [0.717, 1.165) is 19.4 Å². The van der Waals surface area contributed by atoms with Gasteiger partial charge in [0.2, 0.25) is 0 Å². The highest BCUT2D eigenvalue weighted by Gasteiger charge is 2.34. The summed E-state index contributed by atoms with van der Waals surface area (Å²) in [6.45, 7) is 7.80. The van der Waals surface area contributed by atoms with E-state index in [-0.39, 0.29) is 21.6 Å². The van der Waals surface area contributed by atoms with E-state index in [1.165, 1.54) is 12.5 Å². The van der Waals surface area contributed by atoms with Crippen molar-refractivity contribution in [2.75, 3.05) is 13.2 Å². The fourth-order valence-electron chi connectivity index (χ4n) is 2.79. The maximum atomic E-state index is 11.6. The lowest BCUT2D eigenvalue weighted by atomic mass is 10.0. The summed E-state index contributed by atoms with van der Waals surface area (Å²) in [6, 6.07) is 1.37. The van der Waals surface area contributed by atoms with Gasteiger partial charge in [-0.05, 0) is 38.0 Å². The Morgan fingerprint density at radius 2 is 2.17 bits per heavy atom. The molecule has 4 heteroatoms. The lowest BCUT2D eigenvalue weighted by molar-refractivity contribution is -0.145. The molecule has 1 aliphatic rings. The van der Waals surface area contributed by atoms with Crippen LogP contribution in [0, 0.1) is 11.8 Å². The third-order valence-corrected chi connectivity index (χ3v) is 4.89. The highest BCUT2D eigenvalue weighted by atomic mass is 28.2. The molecule has 0 aromatic heterocycles. The van der Waals surface area contributed by atoms with Gasteiger partial charge in [-0.3, -0.25) is 4.79 Å². The van der Waals surface area contributed by atoms with Gasteiger partial charge >= 0.3 is 5.97 Å². The van der Waals surface area contributed by atoms with E-state index in [0.29, 0.717) is 24.9 Å². The smallest absolute Gasteiger partial charge is 0.306 e. The molecule has 3 atom stereocenters. The Bertz CT molecular complexity index is 245. The van der Waals surface area contributed by atoms with Crippen molar-refractivity contribution in [1.29, 1.82) is 0 Å². The monoisotopic (exact) mass is 272 g/mol. The van der Waals surface area contributed by atoms with Crippen LogP contribution in [0.15, 0.2) is 0 Å². The zero-order valence-corrected chi connectivity index (χ0v) is 13.5. The van der Waals surface area contributed by atoms with Gasteiger partial charge < -0.3 is 9.47 Å². The molecule has 0 aromatic carbocycles. The van der Waals surface area contributed by atoms with Crippen molar-refractivity contribution in [3.05, 3.63) is 0 Å². The number of rotatable bonds is 8. The molecule has 0 N–H and O–H groups in total. The number of hydrogen-bond acceptors (Lipinski definition) is 3. The zero-order chi connectivity index (χ0) is 13.4. The number of ether oxygens (including phenoxy) is 2. The minimum absolute atomic E-state index is 0.0637. The first-order valence-electron chi connectivity index (χ1n) is 7.44. The van der Waals surface area contributed by atoms with Crippen LogP contribution < -0.4 is 0 Å². The van der Waals surface area contributed by atoms with Gasteiger partial charge in [-0.25, -0.2) is 0 Å². The highest BCUT2D eigenvalue weighted by Crippen LogP contribution is 2.35. The van der Waals surface area contributed by atoms with Crippen LogP contribution in [0.2, 0.25) is 12.6 Å². The summed E-state index contributed by atoms with van der Waals surface area (Å²) in [5.41, 5.74) is 0. The van der Waals surface area contributed by atoms with E-state index in [1.807, 2.05) is 6.92 Å². The van der Waals surface area contributed by atoms with Crippen molar-refractivity contribution in [2.45, 2.75) is 58.2 Å². The molecule has 3 nitrogen and oxygen atoms in total. The second-order valence-electron chi connectivity index (χ2n) is 5.46. The zero-order valence-electron chi connectivity index (χ0n) is 12.1. The van der Waals surface area contributed by atoms with Gasteiger partial charge in [-0.1, -0.05) is 19.5 Å². The van der Waals surface area contributed by atoms with Gasteiger partial charge in [-0.15, -0.1) is 0 Å². The van der Waals surface area contributed by atoms with Crippen LogP contribution in [-0.2, 0) is 14.3 Å². The van der Waals surface area contributed by atoms with Gasteiger partial charge in [0.25, 0.3) is 0 Å². The van der Waals surface area contributed by atoms with Crippen molar-refractivity contribution in [3.8, 4) is 0 Å². The molecular weight excluding hydrogens is 244 g/mol. The van der Waals surface area contributed by atoms with Gasteiger partial charge in [-0.2, -0.15) is 0 Å². The topological polar surface area (TPSA) is 35.5 Å². The van der Waals surface area contributed by atoms with Gasteiger partial charge in [0.05, 0.1) is 19.1 Å². The van der Waals surface area contributed by atoms with E-state index in [9.17, 15) is 4.79 Å². The summed E-state index contributed by atoms with van der Waals surface area (Å²) >= 11 is 0. The molecule has 1 saturated carbocycles.